The Bertz CT molecular complexity index is 435. The van der Waals surface area contributed by atoms with Crippen LogP contribution in [0.15, 0.2) is 15.9 Å². The smallest absolute Gasteiger partial charge is 0.255 e. The van der Waals surface area contributed by atoms with Gasteiger partial charge in [-0.05, 0) is 32.1 Å². The van der Waals surface area contributed by atoms with Crippen LogP contribution in [-0.4, -0.2) is 22.2 Å². The van der Waals surface area contributed by atoms with Crippen molar-refractivity contribution < 1.29 is 9.21 Å². The number of oxazole rings is 1. The minimum atomic E-state index is -0.812. The summed E-state index contributed by atoms with van der Waals surface area (Å²) in [5, 5.41) is 0.673. The largest absolute Gasteiger partial charge is 0.440 e. The lowest BCUT2D eigenvalue weighted by molar-refractivity contribution is -0.124. The van der Waals surface area contributed by atoms with Crippen LogP contribution in [-0.2, 0) is 4.79 Å². The molecule has 1 amide bonds. The molecule has 4 N–H and O–H groups in total. The van der Waals surface area contributed by atoms with E-state index in [1.54, 1.807) is 18.0 Å². The van der Waals surface area contributed by atoms with Gasteiger partial charge in [-0.25, -0.2) is 4.98 Å². The zero-order valence-corrected chi connectivity index (χ0v) is 11.3. The van der Waals surface area contributed by atoms with Crippen LogP contribution in [0.4, 0.5) is 0 Å². The Kier molecular flexibility index (Phi) is 3.97. The van der Waals surface area contributed by atoms with Crippen molar-refractivity contribution in [3.05, 3.63) is 12.0 Å². The molecule has 100 valence electrons. The Morgan fingerprint density at radius 1 is 1.72 bits per heavy atom. The quantitative estimate of drug-likeness (QED) is 0.789. The first kappa shape index (κ1) is 13.4. The highest BCUT2D eigenvalue weighted by molar-refractivity contribution is 7.99. The summed E-state index contributed by atoms with van der Waals surface area (Å²) in [4.78, 5) is 15.6. The molecule has 5 nitrogen and oxygen atoms in total. The molecule has 1 aromatic rings. The van der Waals surface area contributed by atoms with Crippen LogP contribution in [0, 0.1) is 12.8 Å². The average Bonchev–Trinajstić information content (AvgIpc) is 2.87. The zero-order valence-electron chi connectivity index (χ0n) is 10.5. The molecule has 1 heterocycles. The predicted molar refractivity (Wildman–Crippen MR) is 70.0 cm³/mol. The van der Waals surface area contributed by atoms with Gasteiger partial charge in [0.15, 0.2) is 0 Å². The Morgan fingerprint density at radius 2 is 2.50 bits per heavy atom. The number of hydrogen-bond acceptors (Lipinski definition) is 5. The molecule has 6 heteroatoms. The number of carbonyl (C=O) groups is 1. The van der Waals surface area contributed by atoms with Gasteiger partial charge in [0.2, 0.25) is 5.91 Å². The molecule has 0 spiro atoms. The van der Waals surface area contributed by atoms with Crippen molar-refractivity contribution in [3.63, 3.8) is 0 Å². The molecule has 1 fully saturated rings. The molecule has 0 bridgehead atoms. The summed E-state index contributed by atoms with van der Waals surface area (Å²) in [5.41, 5.74) is 11.6. The molecular weight excluding hydrogens is 250 g/mol. The number of amides is 1. The molecule has 0 saturated heterocycles. The zero-order chi connectivity index (χ0) is 13.2. The van der Waals surface area contributed by atoms with Gasteiger partial charge < -0.3 is 15.9 Å². The Labute approximate surface area is 111 Å². The maximum absolute atomic E-state index is 11.4. The summed E-state index contributed by atoms with van der Waals surface area (Å²) in [6, 6.07) is 0. The van der Waals surface area contributed by atoms with Crippen LogP contribution in [0.3, 0.4) is 0 Å². The molecule has 1 saturated carbocycles. The van der Waals surface area contributed by atoms with E-state index < -0.39 is 5.54 Å². The van der Waals surface area contributed by atoms with Gasteiger partial charge in [-0.2, -0.15) is 0 Å². The highest BCUT2D eigenvalue weighted by Crippen LogP contribution is 2.37. The topological polar surface area (TPSA) is 95.1 Å². The number of aromatic nitrogens is 1. The van der Waals surface area contributed by atoms with Crippen molar-refractivity contribution >= 4 is 17.7 Å². The SMILES string of the molecule is Cc1coc(SCCC2CCCC2(N)C(N)=O)n1. The first-order chi connectivity index (χ1) is 8.52. The second-order valence-electron chi connectivity index (χ2n) is 4.89. The van der Waals surface area contributed by atoms with Crippen molar-refractivity contribution in [3.8, 4) is 0 Å². The minimum Gasteiger partial charge on any atom is -0.440 e. The third kappa shape index (κ3) is 2.70. The van der Waals surface area contributed by atoms with Crippen molar-refractivity contribution in [2.75, 3.05) is 5.75 Å². The van der Waals surface area contributed by atoms with Crippen LogP contribution in [0.5, 0.6) is 0 Å². The Balaban J connectivity index is 1.85. The second-order valence-corrected chi connectivity index (χ2v) is 5.93. The van der Waals surface area contributed by atoms with E-state index in [9.17, 15) is 4.79 Å². The number of hydrogen-bond donors (Lipinski definition) is 2. The number of thioether (sulfide) groups is 1. The van der Waals surface area contributed by atoms with E-state index in [0.29, 0.717) is 11.6 Å². The van der Waals surface area contributed by atoms with Gasteiger partial charge in [0.1, 0.15) is 6.26 Å². The standard InChI is InChI=1S/C12H19N3O2S/c1-8-7-17-11(15-8)18-6-4-9-3-2-5-12(9,14)10(13)16/h7,9H,2-6,14H2,1H3,(H2,13,16). The molecule has 0 aromatic carbocycles. The normalized spacial score (nSPS) is 27.6. The summed E-state index contributed by atoms with van der Waals surface area (Å²) in [6.45, 7) is 1.89. The van der Waals surface area contributed by atoms with Crippen LogP contribution < -0.4 is 11.5 Å². The van der Waals surface area contributed by atoms with Crippen molar-refractivity contribution in [2.45, 2.75) is 43.4 Å². The maximum Gasteiger partial charge on any atom is 0.255 e. The van der Waals surface area contributed by atoms with Gasteiger partial charge in [0, 0.05) is 5.75 Å². The third-order valence-electron chi connectivity index (χ3n) is 3.62. The average molecular weight is 269 g/mol. The Hall–Kier alpha value is -1.01. The lowest BCUT2D eigenvalue weighted by Crippen LogP contribution is -2.54. The molecule has 18 heavy (non-hydrogen) atoms. The molecule has 1 aliphatic carbocycles. The fraction of sp³-hybridized carbons (Fsp3) is 0.667. The monoisotopic (exact) mass is 269 g/mol. The van der Waals surface area contributed by atoms with Crippen molar-refractivity contribution in [1.29, 1.82) is 0 Å². The highest BCUT2D eigenvalue weighted by atomic mass is 32.2. The first-order valence-corrected chi connectivity index (χ1v) is 7.14. The second kappa shape index (κ2) is 5.32. The van der Waals surface area contributed by atoms with Crippen molar-refractivity contribution in [1.82, 2.24) is 4.98 Å². The summed E-state index contributed by atoms with van der Waals surface area (Å²) < 4.78 is 5.26. The van der Waals surface area contributed by atoms with E-state index in [1.165, 1.54) is 0 Å². The van der Waals surface area contributed by atoms with Gasteiger partial charge in [-0.3, -0.25) is 4.79 Å². The van der Waals surface area contributed by atoms with Gasteiger partial charge in [-0.1, -0.05) is 18.2 Å². The van der Waals surface area contributed by atoms with E-state index in [0.717, 1.165) is 30.7 Å². The fourth-order valence-electron chi connectivity index (χ4n) is 2.52. The third-order valence-corrected chi connectivity index (χ3v) is 4.49. The molecule has 2 rings (SSSR count). The lowest BCUT2D eigenvalue weighted by atomic mass is 9.85. The molecule has 0 aliphatic heterocycles. The molecule has 2 atom stereocenters. The van der Waals surface area contributed by atoms with Crippen LogP contribution in [0.1, 0.15) is 31.4 Å². The number of nitrogens with two attached hydrogens (primary N) is 2. The van der Waals surface area contributed by atoms with Gasteiger partial charge in [0.05, 0.1) is 11.2 Å². The minimum absolute atomic E-state index is 0.179. The fourth-order valence-corrected chi connectivity index (χ4v) is 3.42. The highest BCUT2D eigenvalue weighted by Gasteiger charge is 2.43. The summed E-state index contributed by atoms with van der Waals surface area (Å²) in [6.07, 6.45) is 5.16. The number of aryl methyl sites for hydroxylation is 1. The molecule has 2 unspecified atom stereocenters. The number of primary amides is 1. The van der Waals surface area contributed by atoms with Gasteiger partial charge in [-0.15, -0.1) is 0 Å². The number of nitrogens with zero attached hydrogens (tertiary/aromatic N) is 1. The molecule has 0 radical (unpaired) electrons. The number of rotatable bonds is 5. The van der Waals surface area contributed by atoms with E-state index in [-0.39, 0.29) is 11.8 Å². The first-order valence-electron chi connectivity index (χ1n) is 6.16. The summed E-state index contributed by atoms with van der Waals surface area (Å²) >= 11 is 1.56. The van der Waals surface area contributed by atoms with E-state index in [4.69, 9.17) is 15.9 Å². The van der Waals surface area contributed by atoms with Gasteiger partial charge >= 0.3 is 0 Å². The lowest BCUT2D eigenvalue weighted by Gasteiger charge is -2.27. The van der Waals surface area contributed by atoms with E-state index in [2.05, 4.69) is 4.98 Å². The Morgan fingerprint density at radius 3 is 3.11 bits per heavy atom. The van der Waals surface area contributed by atoms with E-state index in [1.807, 2.05) is 6.92 Å². The molecule has 1 aliphatic rings. The molecular formula is C12H19N3O2S. The van der Waals surface area contributed by atoms with Crippen LogP contribution in [0.25, 0.3) is 0 Å². The van der Waals surface area contributed by atoms with Gasteiger partial charge in [0.25, 0.3) is 5.22 Å². The van der Waals surface area contributed by atoms with Crippen LogP contribution in [0.2, 0.25) is 0 Å². The predicted octanol–water partition coefficient (Wildman–Crippen LogP) is 1.45. The molecule has 1 aromatic heterocycles. The number of carbonyl (C=O) groups excluding carboxylic acids is 1. The van der Waals surface area contributed by atoms with E-state index >= 15 is 0 Å². The summed E-state index contributed by atoms with van der Waals surface area (Å²) in [5.74, 6) is 0.650. The van der Waals surface area contributed by atoms with Crippen LogP contribution >= 0.6 is 11.8 Å². The maximum atomic E-state index is 11.4. The summed E-state index contributed by atoms with van der Waals surface area (Å²) in [7, 11) is 0. The van der Waals surface area contributed by atoms with Crippen molar-refractivity contribution in [2.24, 2.45) is 17.4 Å².